The molecule has 0 bridgehead atoms. The number of methoxy groups -OCH3 is 1. The maximum absolute atomic E-state index is 5.59. The van der Waals surface area contributed by atoms with Crippen molar-refractivity contribution in [3.63, 3.8) is 0 Å². The van der Waals surface area contributed by atoms with Gasteiger partial charge in [0.15, 0.2) is 0 Å². The Morgan fingerprint density at radius 3 is 2.45 bits per heavy atom. The molecule has 0 spiro atoms. The van der Waals surface area contributed by atoms with Gasteiger partial charge in [-0.05, 0) is 30.7 Å². The third kappa shape index (κ3) is 2.13. The van der Waals surface area contributed by atoms with E-state index < -0.39 is 0 Å². The van der Waals surface area contributed by atoms with E-state index in [0.29, 0.717) is 0 Å². The van der Waals surface area contributed by atoms with Gasteiger partial charge in [-0.1, -0.05) is 0 Å². The van der Waals surface area contributed by atoms with E-state index in [1.807, 2.05) is 25.1 Å². The lowest BCUT2D eigenvalue weighted by Gasteiger charge is -2.02. The second-order valence-corrected chi connectivity index (χ2v) is 2.22. The van der Waals surface area contributed by atoms with Gasteiger partial charge in [-0.15, -0.1) is 0 Å². The van der Waals surface area contributed by atoms with Gasteiger partial charge in [0.2, 0.25) is 0 Å². The third-order valence-corrected chi connectivity index (χ3v) is 1.48. The van der Waals surface area contributed by atoms with Gasteiger partial charge in [-0.25, -0.2) is 0 Å². The summed E-state index contributed by atoms with van der Waals surface area (Å²) < 4.78 is 4.99. The Kier molecular flexibility index (Phi) is 3.40. The number of benzene rings is 1. The number of hydrogen-bond acceptors (Lipinski definition) is 3. The van der Waals surface area contributed by atoms with E-state index in [0.717, 1.165) is 17.0 Å². The Hall–Kier alpha value is -1.22. The molecule has 0 atom stereocenters. The molecule has 5 N–H and O–H groups in total. The highest BCUT2D eigenvalue weighted by Crippen LogP contribution is 2.17. The molecule has 0 unspecified atom stereocenters. The van der Waals surface area contributed by atoms with E-state index in [-0.39, 0.29) is 6.15 Å². The summed E-state index contributed by atoms with van der Waals surface area (Å²) in [5.41, 5.74) is 7.45. The molecule has 0 aliphatic heterocycles. The molecule has 0 heterocycles. The predicted molar refractivity (Wildman–Crippen MR) is 47.2 cm³/mol. The number of nitrogens with two attached hydrogens (primary N) is 1. The minimum Gasteiger partial charge on any atom is -0.497 e. The summed E-state index contributed by atoms with van der Waals surface area (Å²) in [5, 5.41) is 0. The van der Waals surface area contributed by atoms with Gasteiger partial charge >= 0.3 is 0 Å². The summed E-state index contributed by atoms with van der Waals surface area (Å²) in [7, 11) is 1.64. The number of rotatable bonds is 1. The zero-order chi connectivity index (χ0) is 7.56. The molecule has 0 saturated heterocycles. The Balaban J connectivity index is 0.000001000. The summed E-state index contributed by atoms with van der Waals surface area (Å²) in [6.07, 6.45) is 0. The second-order valence-electron chi connectivity index (χ2n) is 2.22. The lowest BCUT2D eigenvalue weighted by atomic mass is 10.2. The molecule has 0 amide bonds. The molecule has 0 radical (unpaired) electrons. The molecule has 1 aromatic carbocycles. The van der Waals surface area contributed by atoms with Crippen LogP contribution >= 0.6 is 0 Å². The van der Waals surface area contributed by atoms with Crippen molar-refractivity contribution in [1.29, 1.82) is 0 Å². The van der Waals surface area contributed by atoms with Crippen molar-refractivity contribution in [2.45, 2.75) is 6.92 Å². The van der Waals surface area contributed by atoms with Gasteiger partial charge in [0.05, 0.1) is 7.11 Å². The van der Waals surface area contributed by atoms with Gasteiger partial charge in [-0.2, -0.15) is 0 Å². The van der Waals surface area contributed by atoms with Crippen molar-refractivity contribution in [1.82, 2.24) is 6.15 Å². The molecule has 3 nitrogen and oxygen atoms in total. The fourth-order valence-electron chi connectivity index (χ4n) is 0.775. The summed E-state index contributed by atoms with van der Waals surface area (Å²) in [4.78, 5) is 0. The third-order valence-electron chi connectivity index (χ3n) is 1.48. The first-order valence-corrected chi connectivity index (χ1v) is 3.14. The van der Waals surface area contributed by atoms with E-state index >= 15 is 0 Å². The molecule has 11 heavy (non-hydrogen) atoms. The van der Waals surface area contributed by atoms with E-state index in [1.54, 1.807) is 7.11 Å². The van der Waals surface area contributed by atoms with E-state index in [4.69, 9.17) is 10.5 Å². The van der Waals surface area contributed by atoms with Crippen molar-refractivity contribution >= 4 is 5.69 Å². The SMILES string of the molecule is COc1ccc(N)c(C)c1.N. The molecular formula is C8H14N2O. The summed E-state index contributed by atoms with van der Waals surface area (Å²) in [6.45, 7) is 1.96. The van der Waals surface area contributed by atoms with Crippen LogP contribution in [0, 0.1) is 6.92 Å². The van der Waals surface area contributed by atoms with Gasteiger partial charge < -0.3 is 16.6 Å². The molecule has 1 rings (SSSR count). The lowest BCUT2D eigenvalue weighted by molar-refractivity contribution is 0.414. The Labute approximate surface area is 66.8 Å². The quantitative estimate of drug-likeness (QED) is 0.605. The Morgan fingerprint density at radius 1 is 1.36 bits per heavy atom. The largest absolute Gasteiger partial charge is 0.497 e. The van der Waals surface area contributed by atoms with Crippen LogP contribution in [0.25, 0.3) is 0 Å². The van der Waals surface area contributed by atoms with Crippen molar-refractivity contribution in [3.05, 3.63) is 23.8 Å². The van der Waals surface area contributed by atoms with Crippen LogP contribution in [0.5, 0.6) is 5.75 Å². The van der Waals surface area contributed by atoms with Crippen LogP contribution in [0.4, 0.5) is 5.69 Å². The summed E-state index contributed by atoms with van der Waals surface area (Å²) in [6, 6.07) is 5.60. The first kappa shape index (κ1) is 9.78. The molecule has 0 aliphatic rings. The normalized spacial score (nSPS) is 8.55. The van der Waals surface area contributed by atoms with Crippen LogP contribution in [0.3, 0.4) is 0 Å². The van der Waals surface area contributed by atoms with Crippen molar-refractivity contribution in [2.75, 3.05) is 12.8 Å². The predicted octanol–water partition coefficient (Wildman–Crippen LogP) is 1.75. The van der Waals surface area contributed by atoms with Gasteiger partial charge in [0, 0.05) is 5.69 Å². The number of nitrogen functional groups attached to an aromatic ring is 1. The molecule has 0 aromatic heterocycles. The zero-order valence-electron chi connectivity index (χ0n) is 6.92. The van der Waals surface area contributed by atoms with Crippen molar-refractivity contribution in [2.24, 2.45) is 0 Å². The number of anilines is 1. The fourth-order valence-corrected chi connectivity index (χ4v) is 0.775. The molecular weight excluding hydrogens is 140 g/mol. The summed E-state index contributed by atoms with van der Waals surface area (Å²) >= 11 is 0. The van der Waals surface area contributed by atoms with E-state index in [2.05, 4.69) is 0 Å². The van der Waals surface area contributed by atoms with Crippen LogP contribution < -0.4 is 16.6 Å². The number of ether oxygens (including phenoxy) is 1. The fraction of sp³-hybridized carbons (Fsp3) is 0.250. The topological polar surface area (TPSA) is 70.2 Å². The lowest BCUT2D eigenvalue weighted by Crippen LogP contribution is -1.90. The highest BCUT2D eigenvalue weighted by Gasteiger charge is 1.93. The summed E-state index contributed by atoms with van der Waals surface area (Å²) in [5.74, 6) is 0.853. The number of hydrogen-bond donors (Lipinski definition) is 2. The maximum atomic E-state index is 5.59. The molecule has 0 fully saturated rings. The van der Waals surface area contributed by atoms with E-state index in [9.17, 15) is 0 Å². The molecule has 3 heteroatoms. The molecule has 0 saturated carbocycles. The minimum absolute atomic E-state index is 0. The highest BCUT2D eigenvalue weighted by molar-refractivity contribution is 5.49. The van der Waals surface area contributed by atoms with Crippen molar-refractivity contribution < 1.29 is 4.74 Å². The average molecular weight is 154 g/mol. The first-order chi connectivity index (χ1) is 4.74. The van der Waals surface area contributed by atoms with E-state index in [1.165, 1.54) is 0 Å². The number of aryl methyl sites for hydroxylation is 1. The van der Waals surface area contributed by atoms with Gasteiger partial charge in [-0.3, -0.25) is 0 Å². The van der Waals surface area contributed by atoms with Gasteiger partial charge in [0.25, 0.3) is 0 Å². The Morgan fingerprint density at radius 2 is 2.00 bits per heavy atom. The standard InChI is InChI=1S/C8H11NO.H3N/c1-6-5-7(10-2)3-4-8(6)9;/h3-5H,9H2,1-2H3;1H3. The smallest absolute Gasteiger partial charge is 0.119 e. The van der Waals surface area contributed by atoms with Crippen molar-refractivity contribution in [3.8, 4) is 5.75 Å². The zero-order valence-corrected chi connectivity index (χ0v) is 6.92. The van der Waals surface area contributed by atoms with Crippen LogP contribution in [-0.4, -0.2) is 7.11 Å². The van der Waals surface area contributed by atoms with Crippen LogP contribution in [-0.2, 0) is 0 Å². The average Bonchev–Trinajstić information content (AvgIpc) is 1.95. The Bertz CT molecular complexity index is 236. The molecule has 62 valence electrons. The monoisotopic (exact) mass is 154 g/mol. The minimum atomic E-state index is 0. The first-order valence-electron chi connectivity index (χ1n) is 3.14. The van der Waals surface area contributed by atoms with Crippen LogP contribution in [0.2, 0.25) is 0 Å². The molecule has 0 aliphatic carbocycles. The maximum Gasteiger partial charge on any atom is 0.119 e. The molecule has 1 aromatic rings. The highest BCUT2D eigenvalue weighted by atomic mass is 16.5. The van der Waals surface area contributed by atoms with Crippen LogP contribution in [0.15, 0.2) is 18.2 Å². The second kappa shape index (κ2) is 3.83. The van der Waals surface area contributed by atoms with Crippen LogP contribution in [0.1, 0.15) is 5.56 Å². The van der Waals surface area contributed by atoms with Gasteiger partial charge in [0.1, 0.15) is 5.75 Å².